The van der Waals surface area contributed by atoms with Crippen LogP contribution in [0.25, 0.3) is 11.4 Å². The molecule has 0 aliphatic carbocycles. The number of rotatable bonds is 4. The molecule has 2 aromatic carbocycles. The largest absolute Gasteiger partial charge is 0.388 e. The third-order valence-electron chi connectivity index (χ3n) is 3.30. The molecule has 0 radical (unpaired) electrons. The summed E-state index contributed by atoms with van der Waals surface area (Å²) in [6.45, 7) is 2.02. The molecule has 0 aliphatic heterocycles. The van der Waals surface area contributed by atoms with Gasteiger partial charge in [0.2, 0.25) is 11.7 Å². The van der Waals surface area contributed by atoms with Crippen molar-refractivity contribution in [2.75, 3.05) is 0 Å². The Morgan fingerprint density at radius 1 is 1.10 bits per heavy atom. The maximum absolute atomic E-state index is 10.2. The Labute approximate surface area is 123 Å². The number of nitrogens with zero attached hydrogens (tertiary/aromatic N) is 2. The second-order valence-electron chi connectivity index (χ2n) is 5.01. The summed E-state index contributed by atoms with van der Waals surface area (Å²) >= 11 is 0. The number of aromatic nitrogens is 2. The van der Waals surface area contributed by atoms with Gasteiger partial charge in [0, 0.05) is 5.56 Å². The van der Waals surface area contributed by atoms with Crippen LogP contribution in [0, 0.1) is 6.92 Å². The Morgan fingerprint density at radius 3 is 2.67 bits per heavy atom. The van der Waals surface area contributed by atoms with Crippen LogP contribution < -0.4 is 0 Å². The molecule has 1 atom stereocenters. The number of hydrogen-bond donors (Lipinski definition) is 1. The van der Waals surface area contributed by atoms with E-state index in [-0.39, 0.29) is 0 Å². The van der Waals surface area contributed by atoms with Crippen molar-refractivity contribution >= 4 is 0 Å². The third-order valence-corrected chi connectivity index (χ3v) is 3.30. The molecule has 1 unspecified atom stereocenters. The van der Waals surface area contributed by atoms with E-state index in [9.17, 15) is 5.11 Å². The Kier molecular flexibility index (Phi) is 3.79. The standard InChI is InChI=1S/C17H16N2O2/c1-12-6-5-9-14(10-12)17-18-16(21-19-17)11-15(20)13-7-3-2-4-8-13/h2-10,15,20H,11H2,1H3. The lowest BCUT2D eigenvalue weighted by atomic mass is 10.1. The lowest BCUT2D eigenvalue weighted by molar-refractivity contribution is 0.165. The van der Waals surface area contributed by atoms with Gasteiger partial charge in [0.05, 0.1) is 12.5 Å². The summed E-state index contributed by atoms with van der Waals surface area (Å²) < 4.78 is 5.23. The monoisotopic (exact) mass is 280 g/mol. The summed E-state index contributed by atoms with van der Waals surface area (Å²) in [5.41, 5.74) is 2.90. The van der Waals surface area contributed by atoms with Crippen LogP contribution in [0.1, 0.15) is 23.1 Å². The first kappa shape index (κ1) is 13.5. The quantitative estimate of drug-likeness (QED) is 0.796. The smallest absolute Gasteiger partial charge is 0.229 e. The Hall–Kier alpha value is -2.46. The van der Waals surface area contributed by atoms with Crippen molar-refractivity contribution in [1.29, 1.82) is 0 Å². The Bertz CT molecular complexity index is 722. The lowest BCUT2D eigenvalue weighted by Crippen LogP contribution is -2.01. The van der Waals surface area contributed by atoms with E-state index in [1.54, 1.807) is 0 Å². The summed E-state index contributed by atoms with van der Waals surface area (Å²) in [6, 6.07) is 17.4. The van der Waals surface area contributed by atoms with Gasteiger partial charge in [0.1, 0.15) is 0 Å². The predicted molar refractivity (Wildman–Crippen MR) is 79.6 cm³/mol. The van der Waals surface area contributed by atoms with Gasteiger partial charge in [0.25, 0.3) is 0 Å². The number of aliphatic hydroxyl groups is 1. The normalized spacial score (nSPS) is 12.3. The van der Waals surface area contributed by atoms with Crippen LogP contribution in [0.2, 0.25) is 0 Å². The second kappa shape index (κ2) is 5.89. The minimum atomic E-state index is -0.642. The Morgan fingerprint density at radius 2 is 1.90 bits per heavy atom. The van der Waals surface area contributed by atoms with Gasteiger partial charge in [-0.1, -0.05) is 59.3 Å². The van der Waals surface area contributed by atoms with Gasteiger partial charge < -0.3 is 9.63 Å². The predicted octanol–water partition coefficient (Wildman–Crippen LogP) is 3.32. The molecule has 0 saturated carbocycles. The van der Waals surface area contributed by atoms with Gasteiger partial charge in [-0.15, -0.1) is 0 Å². The highest BCUT2D eigenvalue weighted by Crippen LogP contribution is 2.20. The molecule has 0 amide bonds. The van der Waals surface area contributed by atoms with Crippen LogP contribution in [-0.2, 0) is 6.42 Å². The summed E-state index contributed by atoms with van der Waals surface area (Å²) in [6.07, 6.45) is -0.333. The van der Waals surface area contributed by atoms with Crippen molar-refractivity contribution in [2.24, 2.45) is 0 Å². The average Bonchev–Trinajstić information content (AvgIpc) is 2.97. The zero-order chi connectivity index (χ0) is 14.7. The molecule has 3 aromatic rings. The molecule has 1 aromatic heterocycles. The molecule has 21 heavy (non-hydrogen) atoms. The average molecular weight is 280 g/mol. The van der Waals surface area contributed by atoms with Gasteiger partial charge in [-0.25, -0.2) is 0 Å². The molecule has 0 saturated heterocycles. The minimum absolute atomic E-state index is 0.308. The molecule has 0 spiro atoms. The third kappa shape index (κ3) is 3.17. The maximum atomic E-state index is 10.2. The van der Waals surface area contributed by atoms with E-state index in [0.717, 1.165) is 16.7 Å². The molecule has 0 aliphatic rings. The van der Waals surface area contributed by atoms with E-state index in [1.807, 2.05) is 61.5 Å². The van der Waals surface area contributed by atoms with Crippen LogP contribution in [0.4, 0.5) is 0 Å². The van der Waals surface area contributed by atoms with Gasteiger partial charge in [-0.2, -0.15) is 4.98 Å². The molecular weight excluding hydrogens is 264 g/mol. The van der Waals surface area contributed by atoms with E-state index in [0.29, 0.717) is 18.1 Å². The van der Waals surface area contributed by atoms with Crippen molar-refractivity contribution in [3.8, 4) is 11.4 Å². The molecule has 1 N–H and O–H groups in total. The highest BCUT2D eigenvalue weighted by Gasteiger charge is 2.14. The molecule has 4 nitrogen and oxygen atoms in total. The molecule has 3 rings (SSSR count). The van der Waals surface area contributed by atoms with Crippen LogP contribution in [0.3, 0.4) is 0 Å². The lowest BCUT2D eigenvalue weighted by Gasteiger charge is -2.07. The van der Waals surface area contributed by atoms with E-state index in [1.165, 1.54) is 0 Å². The van der Waals surface area contributed by atoms with Crippen LogP contribution in [0.15, 0.2) is 59.1 Å². The van der Waals surface area contributed by atoms with E-state index < -0.39 is 6.10 Å². The first-order valence-electron chi connectivity index (χ1n) is 6.85. The van der Waals surface area contributed by atoms with Gasteiger partial charge in [-0.05, 0) is 18.6 Å². The topological polar surface area (TPSA) is 59.2 Å². The molecule has 106 valence electrons. The first-order valence-corrected chi connectivity index (χ1v) is 6.85. The summed E-state index contributed by atoms with van der Waals surface area (Å²) in [5, 5.41) is 14.1. The fourth-order valence-electron chi connectivity index (χ4n) is 2.20. The molecule has 1 heterocycles. The van der Waals surface area contributed by atoms with E-state index >= 15 is 0 Å². The van der Waals surface area contributed by atoms with Crippen molar-refractivity contribution in [3.63, 3.8) is 0 Å². The fourth-order valence-corrected chi connectivity index (χ4v) is 2.20. The van der Waals surface area contributed by atoms with Gasteiger partial charge in [0.15, 0.2) is 0 Å². The van der Waals surface area contributed by atoms with E-state index in [4.69, 9.17) is 4.52 Å². The zero-order valence-corrected chi connectivity index (χ0v) is 11.7. The second-order valence-corrected chi connectivity index (χ2v) is 5.01. The van der Waals surface area contributed by atoms with Crippen molar-refractivity contribution in [1.82, 2.24) is 10.1 Å². The number of aliphatic hydroxyl groups excluding tert-OH is 1. The van der Waals surface area contributed by atoms with Crippen molar-refractivity contribution in [2.45, 2.75) is 19.4 Å². The fraction of sp³-hybridized carbons (Fsp3) is 0.176. The first-order chi connectivity index (χ1) is 10.2. The summed E-state index contributed by atoms with van der Waals surface area (Å²) in [4.78, 5) is 4.35. The molecular formula is C17H16N2O2. The van der Waals surface area contributed by atoms with Gasteiger partial charge >= 0.3 is 0 Å². The van der Waals surface area contributed by atoms with E-state index in [2.05, 4.69) is 10.1 Å². The van der Waals surface area contributed by atoms with Crippen LogP contribution in [0.5, 0.6) is 0 Å². The van der Waals surface area contributed by atoms with Crippen LogP contribution in [-0.4, -0.2) is 15.2 Å². The number of benzene rings is 2. The highest BCUT2D eigenvalue weighted by atomic mass is 16.5. The van der Waals surface area contributed by atoms with Crippen molar-refractivity contribution < 1.29 is 9.63 Å². The van der Waals surface area contributed by atoms with Crippen molar-refractivity contribution in [3.05, 3.63) is 71.6 Å². The minimum Gasteiger partial charge on any atom is -0.388 e. The molecule has 4 heteroatoms. The molecule has 0 fully saturated rings. The van der Waals surface area contributed by atoms with Gasteiger partial charge in [-0.3, -0.25) is 0 Å². The number of aryl methyl sites for hydroxylation is 1. The maximum Gasteiger partial charge on any atom is 0.229 e. The summed E-state index contributed by atoms with van der Waals surface area (Å²) in [5.74, 6) is 0.983. The SMILES string of the molecule is Cc1cccc(-c2noc(CC(O)c3ccccc3)n2)c1. The Balaban J connectivity index is 1.76. The number of hydrogen-bond acceptors (Lipinski definition) is 4. The zero-order valence-electron chi connectivity index (χ0n) is 11.7. The highest BCUT2D eigenvalue weighted by molar-refractivity contribution is 5.55. The summed E-state index contributed by atoms with van der Waals surface area (Å²) in [7, 11) is 0. The van der Waals surface area contributed by atoms with Crippen LogP contribution >= 0.6 is 0 Å². The molecule has 0 bridgehead atoms.